The van der Waals surface area contributed by atoms with Crippen molar-refractivity contribution in [3.63, 3.8) is 0 Å². The van der Waals surface area contributed by atoms with Gasteiger partial charge in [0.1, 0.15) is 17.6 Å². The monoisotopic (exact) mass is 397 g/mol. The van der Waals surface area contributed by atoms with Gasteiger partial charge in [-0.2, -0.15) is 5.26 Å². The van der Waals surface area contributed by atoms with Gasteiger partial charge in [-0.05, 0) is 43.0 Å². The van der Waals surface area contributed by atoms with Gasteiger partial charge in [0.15, 0.2) is 6.61 Å². The summed E-state index contributed by atoms with van der Waals surface area (Å²) in [5, 5.41) is 14.1. The van der Waals surface area contributed by atoms with Crippen LogP contribution in [0.4, 0.5) is 5.82 Å². The Bertz CT molecular complexity index is 1010. The fraction of sp³-hybridized carbons (Fsp3) is 0.250. The molecule has 144 valence electrons. The molecule has 0 saturated carbocycles. The number of hydrogen-bond donors (Lipinski definition) is 1. The standard InChI is InChI=1S/C20H19N3O4S/c1-13-14(2)23(11-15-5-3-7-26-15)20(17(13)10-21)22-18(24)12-27-19(25)9-16-6-4-8-28-16/h3-8H,9,11-12H2,1-2H3,(H,22,24). The van der Waals surface area contributed by atoms with Gasteiger partial charge in [-0.15, -0.1) is 11.3 Å². The lowest BCUT2D eigenvalue weighted by Gasteiger charge is -2.12. The van der Waals surface area contributed by atoms with Gasteiger partial charge in [0, 0.05) is 10.6 Å². The van der Waals surface area contributed by atoms with E-state index in [9.17, 15) is 14.9 Å². The molecule has 1 N–H and O–H groups in total. The van der Waals surface area contributed by atoms with Crippen molar-refractivity contribution < 1.29 is 18.7 Å². The normalized spacial score (nSPS) is 10.5. The number of rotatable bonds is 7. The van der Waals surface area contributed by atoms with E-state index in [1.54, 1.807) is 16.9 Å². The van der Waals surface area contributed by atoms with Crippen LogP contribution in [-0.4, -0.2) is 23.1 Å². The summed E-state index contributed by atoms with van der Waals surface area (Å²) in [5.74, 6) is 0.0827. The van der Waals surface area contributed by atoms with Crippen LogP contribution in [0.1, 0.15) is 27.5 Å². The molecule has 0 fully saturated rings. The first-order valence-corrected chi connectivity index (χ1v) is 9.47. The number of aromatic nitrogens is 1. The van der Waals surface area contributed by atoms with E-state index in [0.717, 1.165) is 16.1 Å². The predicted molar refractivity (Wildman–Crippen MR) is 104 cm³/mol. The van der Waals surface area contributed by atoms with Crippen LogP contribution in [0.15, 0.2) is 40.3 Å². The number of nitrogens with zero attached hydrogens (tertiary/aromatic N) is 2. The summed E-state index contributed by atoms with van der Waals surface area (Å²) in [6, 6.07) is 9.41. The number of esters is 1. The minimum atomic E-state index is -0.505. The maximum Gasteiger partial charge on any atom is 0.311 e. The molecule has 7 nitrogen and oxygen atoms in total. The Morgan fingerprint density at radius 1 is 1.32 bits per heavy atom. The topological polar surface area (TPSA) is 97.3 Å². The molecule has 0 saturated heterocycles. The number of furan rings is 1. The minimum Gasteiger partial charge on any atom is -0.467 e. The van der Waals surface area contributed by atoms with Gasteiger partial charge in [-0.25, -0.2) is 0 Å². The minimum absolute atomic E-state index is 0.126. The highest BCUT2D eigenvalue weighted by Crippen LogP contribution is 2.27. The number of carbonyl (C=O) groups is 2. The first kappa shape index (κ1) is 19.5. The Balaban J connectivity index is 1.70. The van der Waals surface area contributed by atoms with E-state index in [0.29, 0.717) is 23.7 Å². The maximum absolute atomic E-state index is 12.3. The second-order valence-corrected chi connectivity index (χ2v) is 7.21. The van der Waals surface area contributed by atoms with Crippen LogP contribution in [-0.2, 0) is 27.3 Å². The number of thiophene rings is 1. The lowest BCUT2D eigenvalue weighted by Crippen LogP contribution is -2.23. The highest BCUT2D eigenvalue weighted by atomic mass is 32.1. The lowest BCUT2D eigenvalue weighted by atomic mass is 10.2. The van der Waals surface area contributed by atoms with Crippen molar-refractivity contribution >= 4 is 29.0 Å². The molecule has 0 radical (unpaired) electrons. The summed E-state index contributed by atoms with van der Waals surface area (Å²) in [5.41, 5.74) is 2.00. The quantitative estimate of drug-likeness (QED) is 0.616. The van der Waals surface area contributed by atoms with Crippen LogP contribution in [0, 0.1) is 25.2 Å². The SMILES string of the molecule is Cc1c(C#N)c(NC(=O)COC(=O)Cc2cccs2)n(Cc2ccco2)c1C. The Hall–Kier alpha value is -3.31. The van der Waals surface area contributed by atoms with E-state index in [4.69, 9.17) is 9.15 Å². The van der Waals surface area contributed by atoms with Gasteiger partial charge < -0.3 is 19.0 Å². The molecule has 3 heterocycles. The fourth-order valence-corrected chi connectivity index (χ4v) is 3.50. The predicted octanol–water partition coefficient (Wildman–Crippen LogP) is 3.40. The van der Waals surface area contributed by atoms with E-state index in [2.05, 4.69) is 11.4 Å². The van der Waals surface area contributed by atoms with Gasteiger partial charge >= 0.3 is 5.97 Å². The Morgan fingerprint density at radius 3 is 2.79 bits per heavy atom. The lowest BCUT2D eigenvalue weighted by molar-refractivity contribution is -0.146. The molecule has 0 bridgehead atoms. The van der Waals surface area contributed by atoms with Crippen LogP contribution >= 0.6 is 11.3 Å². The van der Waals surface area contributed by atoms with E-state index < -0.39 is 18.5 Å². The van der Waals surface area contributed by atoms with Crippen LogP contribution < -0.4 is 5.32 Å². The van der Waals surface area contributed by atoms with Crippen molar-refractivity contribution in [2.24, 2.45) is 0 Å². The van der Waals surface area contributed by atoms with Gasteiger partial charge in [-0.1, -0.05) is 6.07 Å². The number of ether oxygens (including phenoxy) is 1. The van der Waals surface area contributed by atoms with Gasteiger partial charge in [0.05, 0.1) is 24.8 Å². The average molecular weight is 397 g/mol. The number of carbonyl (C=O) groups excluding carboxylic acids is 2. The molecule has 1 amide bonds. The van der Waals surface area contributed by atoms with Crippen molar-refractivity contribution in [2.75, 3.05) is 11.9 Å². The van der Waals surface area contributed by atoms with Crippen LogP contribution in [0.25, 0.3) is 0 Å². The van der Waals surface area contributed by atoms with Crippen molar-refractivity contribution in [2.45, 2.75) is 26.8 Å². The van der Waals surface area contributed by atoms with Crippen molar-refractivity contribution in [3.8, 4) is 6.07 Å². The second kappa shape index (κ2) is 8.59. The van der Waals surface area contributed by atoms with Crippen molar-refractivity contribution in [3.05, 3.63) is 63.4 Å². The fourth-order valence-electron chi connectivity index (χ4n) is 2.81. The highest BCUT2D eigenvalue weighted by molar-refractivity contribution is 7.10. The smallest absolute Gasteiger partial charge is 0.311 e. The number of nitriles is 1. The largest absolute Gasteiger partial charge is 0.467 e. The van der Waals surface area contributed by atoms with E-state index in [1.807, 2.05) is 37.4 Å². The third kappa shape index (κ3) is 4.32. The van der Waals surface area contributed by atoms with Gasteiger partial charge in [0.2, 0.25) is 0 Å². The molecule has 3 aromatic heterocycles. The molecule has 0 unspecified atom stereocenters. The molecule has 3 rings (SSSR count). The summed E-state index contributed by atoms with van der Waals surface area (Å²) in [7, 11) is 0. The second-order valence-electron chi connectivity index (χ2n) is 6.18. The van der Waals surface area contributed by atoms with Gasteiger partial charge in [0.25, 0.3) is 5.91 Å². The molecule has 3 aromatic rings. The number of nitrogens with one attached hydrogen (secondary N) is 1. The molecular weight excluding hydrogens is 378 g/mol. The first-order chi connectivity index (χ1) is 13.5. The molecule has 8 heteroatoms. The summed E-state index contributed by atoms with van der Waals surface area (Å²) in [4.78, 5) is 25.1. The van der Waals surface area contributed by atoms with Crippen LogP contribution in [0.5, 0.6) is 0 Å². The highest BCUT2D eigenvalue weighted by Gasteiger charge is 2.21. The Morgan fingerprint density at radius 2 is 2.14 bits per heavy atom. The van der Waals surface area contributed by atoms with Crippen molar-refractivity contribution in [1.82, 2.24) is 4.57 Å². The summed E-state index contributed by atoms with van der Waals surface area (Å²) in [6.07, 6.45) is 1.69. The summed E-state index contributed by atoms with van der Waals surface area (Å²) < 4.78 is 12.2. The Labute approximate surface area is 166 Å². The maximum atomic E-state index is 12.3. The van der Waals surface area contributed by atoms with Gasteiger partial charge in [-0.3, -0.25) is 9.59 Å². The summed E-state index contributed by atoms with van der Waals surface area (Å²) in [6.45, 7) is 3.65. The molecule has 0 aliphatic heterocycles. The zero-order chi connectivity index (χ0) is 20.1. The number of anilines is 1. The molecule has 0 aliphatic carbocycles. The number of amides is 1. The average Bonchev–Trinajstić information content (AvgIpc) is 3.40. The van der Waals surface area contributed by atoms with Crippen LogP contribution in [0.3, 0.4) is 0 Å². The van der Waals surface area contributed by atoms with E-state index in [-0.39, 0.29) is 6.42 Å². The Kier molecular flexibility index (Phi) is 5.96. The van der Waals surface area contributed by atoms with E-state index >= 15 is 0 Å². The molecule has 0 aromatic carbocycles. The zero-order valence-electron chi connectivity index (χ0n) is 15.5. The molecule has 0 atom stereocenters. The molecule has 28 heavy (non-hydrogen) atoms. The molecular formula is C20H19N3O4S. The van der Waals surface area contributed by atoms with E-state index in [1.165, 1.54) is 11.3 Å². The number of hydrogen-bond acceptors (Lipinski definition) is 6. The molecule has 0 spiro atoms. The van der Waals surface area contributed by atoms with Crippen LogP contribution in [0.2, 0.25) is 0 Å². The third-order valence-electron chi connectivity index (χ3n) is 4.36. The zero-order valence-corrected chi connectivity index (χ0v) is 16.3. The first-order valence-electron chi connectivity index (χ1n) is 8.59. The summed E-state index contributed by atoms with van der Waals surface area (Å²) >= 11 is 1.45. The van der Waals surface area contributed by atoms with Crippen molar-refractivity contribution in [1.29, 1.82) is 5.26 Å². The molecule has 0 aliphatic rings. The third-order valence-corrected chi connectivity index (χ3v) is 5.23.